The number of carbonyl (C=O) groups is 1. The zero-order chi connectivity index (χ0) is 12.7. The normalized spacial score (nSPS) is 11.8. The summed E-state index contributed by atoms with van der Waals surface area (Å²) in [7, 11) is 1.38. The van der Waals surface area contributed by atoms with Crippen LogP contribution in [-0.4, -0.2) is 13.1 Å². The van der Waals surface area contributed by atoms with E-state index in [1.807, 2.05) is 43.3 Å². The minimum absolute atomic E-state index is 0.236. The fourth-order valence-electron chi connectivity index (χ4n) is 1.29. The SMILES string of the molecule is COC(=O)C/C=C/C(C)=C/c1ccc(Cl)cc1. The third-order valence-corrected chi connectivity index (χ3v) is 2.41. The molecule has 2 nitrogen and oxygen atoms in total. The zero-order valence-corrected chi connectivity index (χ0v) is 10.7. The molecule has 3 heteroatoms. The number of ether oxygens (including phenoxy) is 1. The highest BCUT2D eigenvalue weighted by Gasteiger charge is 1.94. The first-order valence-electron chi connectivity index (χ1n) is 5.29. The molecule has 1 rings (SSSR count). The lowest BCUT2D eigenvalue weighted by Gasteiger charge is -1.96. The first-order valence-corrected chi connectivity index (χ1v) is 5.67. The molecular formula is C14H15ClO2. The molecule has 0 aromatic heterocycles. The molecule has 90 valence electrons. The third kappa shape index (κ3) is 5.36. The monoisotopic (exact) mass is 250 g/mol. The van der Waals surface area contributed by atoms with Gasteiger partial charge in [-0.1, -0.05) is 47.5 Å². The zero-order valence-electron chi connectivity index (χ0n) is 9.94. The molecule has 0 spiro atoms. The second kappa shape index (κ2) is 6.92. The fraction of sp³-hybridized carbons (Fsp3) is 0.214. The van der Waals surface area contributed by atoms with Crippen molar-refractivity contribution in [3.05, 3.63) is 52.6 Å². The van der Waals surface area contributed by atoms with Crippen LogP contribution in [0.4, 0.5) is 0 Å². The number of allylic oxidation sites excluding steroid dienone is 2. The van der Waals surface area contributed by atoms with Gasteiger partial charge in [0.15, 0.2) is 0 Å². The summed E-state index contributed by atoms with van der Waals surface area (Å²) < 4.78 is 4.54. The number of methoxy groups -OCH3 is 1. The van der Waals surface area contributed by atoms with Gasteiger partial charge in [0.2, 0.25) is 0 Å². The Balaban J connectivity index is 2.60. The Bertz CT molecular complexity index is 430. The van der Waals surface area contributed by atoms with Crippen LogP contribution in [0.1, 0.15) is 18.9 Å². The smallest absolute Gasteiger partial charge is 0.309 e. The summed E-state index contributed by atoms with van der Waals surface area (Å²) in [5.41, 5.74) is 2.14. The molecule has 17 heavy (non-hydrogen) atoms. The molecule has 0 saturated heterocycles. The molecule has 0 saturated carbocycles. The molecule has 0 bridgehead atoms. The van der Waals surface area contributed by atoms with Crippen LogP contribution in [0.2, 0.25) is 5.02 Å². The summed E-state index contributed by atoms with van der Waals surface area (Å²) in [4.78, 5) is 10.9. The van der Waals surface area contributed by atoms with Gasteiger partial charge in [-0.25, -0.2) is 0 Å². The van der Waals surface area contributed by atoms with Crippen molar-refractivity contribution >= 4 is 23.6 Å². The van der Waals surface area contributed by atoms with E-state index < -0.39 is 0 Å². The Hall–Kier alpha value is -1.54. The molecule has 0 amide bonds. The highest BCUT2D eigenvalue weighted by atomic mass is 35.5. The van der Waals surface area contributed by atoms with E-state index in [-0.39, 0.29) is 5.97 Å². The quantitative estimate of drug-likeness (QED) is 0.599. The van der Waals surface area contributed by atoms with E-state index in [2.05, 4.69) is 4.74 Å². The summed E-state index contributed by atoms with van der Waals surface area (Å²) in [5, 5.41) is 0.723. The number of carbonyl (C=O) groups excluding carboxylic acids is 1. The molecule has 1 aromatic carbocycles. The Morgan fingerprint density at radius 1 is 1.35 bits per heavy atom. The largest absolute Gasteiger partial charge is 0.469 e. The Morgan fingerprint density at radius 3 is 2.59 bits per heavy atom. The van der Waals surface area contributed by atoms with E-state index in [0.717, 1.165) is 16.2 Å². The van der Waals surface area contributed by atoms with Crippen LogP contribution in [0.3, 0.4) is 0 Å². The van der Waals surface area contributed by atoms with E-state index >= 15 is 0 Å². The molecule has 0 aliphatic rings. The van der Waals surface area contributed by atoms with Crippen LogP contribution >= 0.6 is 11.6 Å². The van der Waals surface area contributed by atoms with Gasteiger partial charge in [0.05, 0.1) is 13.5 Å². The molecule has 0 radical (unpaired) electrons. The molecule has 0 atom stereocenters. The lowest BCUT2D eigenvalue weighted by molar-refractivity contribution is -0.139. The highest BCUT2D eigenvalue weighted by Crippen LogP contribution is 2.12. The van der Waals surface area contributed by atoms with Crippen molar-refractivity contribution in [2.24, 2.45) is 0 Å². The van der Waals surface area contributed by atoms with Crippen LogP contribution in [0.25, 0.3) is 6.08 Å². The van der Waals surface area contributed by atoms with E-state index in [1.165, 1.54) is 7.11 Å². The van der Waals surface area contributed by atoms with Crippen molar-refractivity contribution in [3.63, 3.8) is 0 Å². The van der Waals surface area contributed by atoms with Gasteiger partial charge in [-0.3, -0.25) is 4.79 Å². The van der Waals surface area contributed by atoms with Gasteiger partial charge in [-0.15, -0.1) is 0 Å². The van der Waals surface area contributed by atoms with Gasteiger partial charge in [0.25, 0.3) is 0 Å². The van der Waals surface area contributed by atoms with E-state index in [9.17, 15) is 4.79 Å². The van der Waals surface area contributed by atoms with Crippen molar-refractivity contribution < 1.29 is 9.53 Å². The van der Waals surface area contributed by atoms with Crippen LogP contribution in [0.15, 0.2) is 42.0 Å². The van der Waals surface area contributed by atoms with Gasteiger partial charge >= 0.3 is 5.97 Å². The number of esters is 1. The van der Waals surface area contributed by atoms with Crippen LogP contribution in [-0.2, 0) is 9.53 Å². The number of halogens is 1. The van der Waals surface area contributed by atoms with Crippen molar-refractivity contribution in [2.75, 3.05) is 7.11 Å². The fourth-order valence-corrected chi connectivity index (χ4v) is 1.42. The highest BCUT2D eigenvalue weighted by molar-refractivity contribution is 6.30. The molecule has 1 aromatic rings. The third-order valence-electron chi connectivity index (χ3n) is 2.16. The average Bonchev–Trinajstić information content (AvgIpc) is 2.32. The molecule has 0 N–H and O–H groups in total. The lowest BCUT2D eigenvalue weighted by atomic mass is 10.1. The van der Waals surface area contributed by atoms with Crippen molar-refractivity contribution in [2.45, 2.75) is 13.3 Å². The topological polar surface area (TPSA) is 26.3 Å². The first-order chi connectivity index (χ1) is 8.11. The van der Waals surface area contributed by atoms with Gasteiger partial charge in [-0.05, 0) is 24.6 Å². The summed E-state index contributed by atoms with van der Waals surface area (Å²) in [6, 6.07) is 7.58. The van der Waals surface area contributed by atoms with Crippen LogP contribution < -0.4 is 0 Å². The maximum atomic E-state index is 10.9. The average molecular weight is 251 g/mol. The number of rotatable bonds is 4. The first kappa shape index (κ1) is 13.5. The second-order valence-corrected chi connectivity index (χ2v) is 4.06. The van der Waals surface area contributed by atoms with Gasteiger partial charge < -0.3 is 4.74 Å². The van der Waals surface area contributed by atoms with E-state index in [1.54, 1.807) is 6.08 Å². The Labute approximate surface area is 107 Å². The second-order valence-electron chi connectivity index (χ2n) is 3.62. The van der Waals surface area contributed by atoms with Crippen LogP contribution in [0, 0.1) is 0 Å². The van der Waals surface area contributed by atoms with E-state index in [4.69, 9.17) is 11.6 Å². The van der Waals surface area contributed by atoms with E-state index in [0.29, 0.717) is 6.42 Å². The minimum atomic E-state index is -0.236. The molecule has 0 heterocycles. The molecule has 0 fully saturated rings. The number of hydrogen-bond acceptors (Lipinski definition) is 2. The summed E-state index contributed by atoms with van der Waals surface area (Å²) >= 11 is 5.80. The van der Waals surface area contributed by atoms with Crippen molar-refractivity contribution in [3.8, 4) is 0 Å². The lowest BCUT2D eigenvalue weighted by Crippen LogP contribution is -1.96. The van der Waals surface area contributed by atoms with Gasteiger partial charge in [-0.2, -0.15) is 0 Å². The number of benzene rings is 1. The van der Waals surface area contributed by atoms with Crippen molar-refractivity contribution in [1.29, 1.82) is 0 Å². The van der Waals surface area contributed by atoms with Gasteiger partial charge in [0, 0.05) is 5.02 Å². The summed E-state index contributed by atoms with van der Waals surface area (Å²) in [5.74, 6) is -0.236. The van der Waals surface area contributed by atoms with Crippen molar-refractivity contribution in [1.82, 2.24) is 0 Å². The minimum Gasteiger partial charge on any atom is -0.469 e. The molecule has 0 aliphatic heterocycles. The Morgan fingerprint density at radius 2 is 2.00 bits per heavy atom. The summed E-state index contributed by atoms with van der Waals surface area (Å²) in [6.45, 7) is 1.97. The molecule has 0 aliphatic carbocycles. The Kier molecular flexibility index (Phi) is 5.50. The molecular weight excluding hydrogens is 236 g/mol. The predicted molar refractivity (Wildman–Crippen MR) is 70.9 cm³/mol. The number of hydrogen-bond donors (Lipinski definition) is 0. The van der Waals surface area contributed by atoms with Gasteiger partial charge in [0.1, 0.15) is 0 Å². The maximum absolute atomic E-state index is 10.9. The van der Waals surface area contributed by atoms with Crippen LogP contribution in [0.5, 0.6) is 0 Å². The summed E-state index contributed by atoms with van der Waals surface area (Å²) in [6.07, 6.45) is 5.99. The maximum Gasteiger partial charge on any atom is 0.309 e. The molecule has 0 unspecified atom stereocenters. The predicted octanol–water partition coefficient (Wildman–Crippen LogP) is 3.86. The standard InChI is InChI=1S/C14H15ClO2/c1-11(4-3-5-14(16)17-2)10-12-6-8-13(15)9-7-12/h3-4,6-10H,5H2,1-2H3/b4-3+,11-10+.